The molecule has 0 unspecified atom stereocenters. The minimum atomic E-state index is -7.16. The highest BCUT2D eigenvalue weighted by Gasteiger charge is 2.84. The topological polar surface area (TPSA) is 37.3 Å². The van der Waals surface area contributed by atoms with E-state index in [1.165, 1.54) is 0 Å². The van der Waals surface area contributed by atoms with Crippen LogP contribution in [-0.4, -0.2) is 35.0 Å². The number of carboxylic acids is 1. The van der Waals surface area contributed by atoms with Crippen LogP contribution >= 0.6 is 0 Å². The summed E-state index contributed by atoms with van der Waals surface area (Å²) >= 11 is 0. The zero-order valence-electron chi connectivity index (χ0n) is 7.17. The van der Waals surface area contributed by atoms with Crippen molar-refractivity contribution in [3.8, 4) is 0 Å². The molecule has 17 heavy (non-hydrogen) atoms. The molecular formula is C5H2F10O2. The Balaban J connectivity index is 0. The van der Waals surface area contributed by atoms with Crippen molar-refractivity contribution in [3.05, 3.63) is 0 Å². The van der Waals surface area contributed by atoms with Crippen molar-refractivity contribution in [1.29, 1.82) is 0 Å². The summed E-state index contributed by atoms with van der Waals surface area (Å²) in [5, 5.41) is 7.48. The van der Waals surface area contributed by atoms with Gasteiger partial charge in [-0.3, -0.25) is 4.70 Å². The van der Waals surface area contributed by atoms with Crippen LogP contribution in [0.5, 0.6) is 0 Å². The lowest BCUT2D eigenvalue weighted by atomic mass is 10.0. The van der Waals surface area contributed by atoms with E-state index in [2.05, 4.69) is 0 Å². The summed E-state index contributed by atoms with van der Waals surface area (Å²) in [5.41, 5.74) is 0. The Hall–Kier alpha value is -1.23. The van der Waals surface area contributed by atoms with Gasteiger partial charge in [0.05, 0.1) is 0 Å². The zero-order chi connectivity index (χ0) is 13.6. The maximum Gasteiger partial charge on any atom is 0.460 e. The molecule has 0 aromatic heterocycles. The molecule has 0 aliphatic heterocycles. The summed E-state index contributed by atoms with van der Waals surface area (Å²) in [6, 6.07) is 0. The predicted octanol–water partition coefficient (Wildman–Crippen LogP) is 2.69. The van der Waals surface area contributed by atoms with E-state index in [9.17, 15) is 44.3 Å². The van der Waals surface area contributed by atoms with Crippen LogP contribution in [0.4, 0.5) is 44.2 Å². The maximum atomic E-state index is 12.1. The summed E-state index contributed by atoms with van der Waals surface area (Å²) in [6.45, 7) is 0. The molecule has 0 aliphatic rings. The SMILES string of the molecule is F.O=C(O)C(F)(F)C(F)(F)C(F)(F)C(F)(F)F. The molecule has 0 spiro atoms. The van der Waals surface area contributed by atoms with Gasteiger partial charge in [-0.2, -0.15) is 39.5 Å². The molecule has 0 aliphatic carbocycles. The summed E-state index contributed by atoms with van der Waals surface area (Å²) in [6.07, 6.45) is -7.00. The van der Waals surface area contributed by atoms with Crippen molar-refractivity contribution in [2.75, 3.05) is 0 Å². The molecule has 0 rings (SSSR count). The molecule has 0 saturated heterocycles. The Kier molecular flexibility index (Phi) is 4.50. The highest BCUT2D eigenvalue weighted by Crippen LogP contribution is 2.52. The minimum absolute atomic E-state index is 0. The summed E-state index contributed by atoms with van der Waals surface area (Å²) in [5.74, 6) is -24.6. The molecular weight excluding hydrogens is 282 g/mol. The number of hydrogen-bond acceptors (Lipinski definition) is 1. The third kappa shape index (κ3) is 2.39. The van der Waals surface area contributed by atoms with Crippen molar-refractivity contribution in [3.63, 3.8) is 0 Å². The quantitative estimate of drug-likeness (QED) is 0.809. The Morgan fingerprint density at radius 1 is 0.765 bits per heavy atom. The van der Waals surface area contributed by atoms with Crippen molar-refractivity contribution in [2.45, 2.75) is 23.9 Å². The molecule has 0 aromatic rings. The van der Waals surface area contributed by atoms with Gasteiger partial charge >= 0.3 is 29.9 Å². The van der Waals surface area contributed by atoms with E-state index < -0.39 is 29.9 Å². The van der Waals surface area contributed by atoms with E-state index in [4.69, 9.17) is 5.11 Å². The number of carbonyl (C=O) groups is 1. The molecule has 104 valence electrons. The molecule has 0 fully saturated rings. The number of alkyl halides is 9. The van der Waals surface area contributed by atoms with Crippen LogP contribution in [0.3, 0.4) is 0 Å². The van der Waals surface area contributed by atoms with Crippen LogP contribution in [0, 0.1) is 0 Å². The second-order valence-electron chi connectivity index (χ2n) is 2.53. The van der Waals surface area contributed by atoms with Crippen molar-refractivity contribution < 1.29 is 54.1 Å². The lowest BCUT2D eigenvalue weighted by Crippen LogP contribution is -2.63. The first-order chi connectivity index (χ1) is 6.69. The molecule has 0 saturated carbocycles. The lowest BCUT2D eigenvalue weighted by molar-refractivity contribution is -0.390. The van der Waals surface area contributed by atoms with Gasteiger partial charge in [0, 0.05) is 0 Å². The smallest absolute Gasteiger partial charge is 0.460 e. The summed E-state index contributed by atoms with van der Waals surface area (Å²) in [7, 11) is 0. The fraction of sp³-hybridized carbons (Fsp3) is 0.800. The first kappa shape index (κ1) is 18.1. The molecule has 2 nitrogen and oxygen atoms in total. The van der Waals surface area contributed by atoms with Gasteiger partial charge in [0.2, 0.25) is 0 Å². The van der Waals surface area contributed by atoms with Crippen LogP contribution in [0.15, 0.2) is 0 Å². The van der Waals surface area contributed by atoms with Gasteiger partial charge in [-0.05, 0) is 0 Å². The Morgan fingerprint density at radius 2 is 1.06 bits per heavy atom. The number of hydrogen-bond donors (Lipinski definition) is 1. The molecule has 0 heterocycles. The van der Waals surface area contributed by atoms with Gasteiger partial charge < -0.3 is 5.11 Å². The van der Waals surface area contributed by atoms with Gasteiger partial charge in [-0.1, -0.05) is 0 Å². The van der Waals surface area contributed by atoms with E-state index >= 15 is 0 Å². The largest absolute Gasteiger partial charge is 0.477 e. The normalized spacial score (nSPS) is 14.2. The van der Waals surface area contributed by atoms with E-state index in [1.54, 1.807) is 0 Å². The second-order valence-corrected chi connectivity index (χ2v) is 2.53. The molecule has 0 atom stereocenters. The number of rotatable bonds is 3. The van der Waals surface area contributed by atoms with E-state index in [0.29, 0.717) is 0 Å². The Morgan fingerprint density at radius 3 is 1.24 bits per heavy atom. The van der Waals surface area contributed by atoms with Crippen LogP contribution in [0.25, 0.3) is 0 Å². The Bertz CT molecular complexity index is 292. The maximum absolute atomic E-state index is 12.1. The zero-order valence-corrected chi connectivity index (χ0v) is 7.17. The molecule has 0 radical (unpaired) electrons. The van der Waals surface area contributed by atoms with Gasteiger partial charge in [0.15, 0.2) is 0 Å². The monoisotopic (exact) mass is 284 g/mol. The standard InChI is InChI=1S/C5HF9O2.FH/c6-2(7,1(15)16)3(8,9)4(10,11)5(12,13)14;/h(H,15,16);1H. The van der Waals surface area contributed by atoms with E-state index in [1.807, 2.05) is 0 Å². The first-order valence-electron chi connectivity index (χ1n) is 3.13. The van der Waals surface area contributed by atoms with Crippen LogP contribution < -0.4 is 0 Å². The van der Waals surface area contributed by atoms with Crippen LogP contribution in [0.2, 0.25) is 0 Å². The predicted molar refractivity (Wildman–Crippen MR) is 31.0 cm³/mol. The number of halogens is 10. The Labute approximate surface area is 85.4 Å². The minimum Gasteiger partial charge on any atom is -0.477 e. The molecule has 0 amide bonds. The average Bonchev–Trinajstić information content (AvgIpc) is 2.00. The van der Waals surface area contributed by atoms with Gasteiger partial charge in [-0.15, -0.1) is 0 Å². The first-order valence-corrected chi connectivity index (χ1v) is 3.13. The van der Waals surface area contributed by atoms with Crippen molar-refractivity contribution in [1.82, 2.24) is 0 Å². The summed E-state index contributed by atoms with van der Waals surface area (Å²) < 4.78 is 106. The molecule has 1 N–H and O–H groups in total. The third-order valence-corrected chi connectivity index (χ3v) is 1.41. The second kappa shape index (κ2) is 4.22. The highest BCUT2D eigenvalue weighted by molar-refractivity contribution is 5.77. The highest BCUT2D eigenvalue weighted by atomic mass is 19.4. The third-order valence-electron chi connectivity index (χ3n) is 1.41. The average molecular weight is 284 g/mol. The van der Waals surface area contributed by atoms with Gasteiger partial charge in [0.25, 0.3) is 0 Å². The molecule has 0 aromatic carbocycles. The molecule has 12 heteroatoms. The van der Waals surface area contributed by atoms with E-state index in [0.717, 1.165) is 0 Å². The fourth-order valence-corrected chi connectivity index (χ4v) is 0.509. The van der Waals surface area contributed by atoms with Crippen molar-refractivity contribution >= 4 is 5.97 Å². The van der Waals surface area contributed by atoms with Gasteiger partial charge in [0.1, 0.15) is 0 Å². The molecule has 0 bridgehead atoms. The van der Waals surface area contributed by atoms with Crippen LogP contribution in [-0.2, 0) is 4.79 Å². The number of aliphatic carboxylic acids is 1. The van der Waals surface area contributed by atoms with Gasteiger partial charge in [-0.25, -0.2) is 4.79 Å². The lowest BCUT2D eigenvalue weighted by Gasteiger charge is -2.31. The fourth-order valence-electron chi connectivity index (χ4n) is 0.509. The number of carboxylic acid groups (broad SMARTS) is 1. The van der Waals surface area contributed by atoms with E-state index in [-0.39, 0.29) is 4.70 Å². The van der Waals surface area contributed by atoms with Crippen molar-refractivity contribution in [2.24, 2.45) is 0 Å². The summed E-state index contributed by atoms with van der Waals surface area (Å²) in [4.78, 5) is 9.51. The van der Waals surface area contributed by atoms with Crippen LogP contribution in [0.1, 0.15) is 0 Å².